The monoisotopic (exact) mass is 238 g/mol. The molecule has 17 heavy (non-hydrogen) atoms. The van der Waals surface area contributed by atoms with Gasteiger partial charge in [0.1, 0.15) is 0 Å². The first-order valence-electron chi connectivity index (χ1n) is 5.46. The molecule has 0 bridgehead atoms. The molecule has 0 fully saturated rings. The van der Waals surface area contributed by atoms with Crippen LogP contribution in [-0.4, -0.2) is 18.0 Å². The van der Waals surface area contributed by atoms with Gasteiger partial charge in [-0.1, -0.05) is 25.1 Å². The third kappa shape index (κ3) is 4.32. The fourth-order valence-electron chi connectivity index (χ4n) is 1.33. The number of hydrogen-bond donors (Lipinski definition) is 1. The zero-order valence-corrected chi connectivity index (χ0v) is 9.65. The Morgan fingerprint density at radius 2 is 2.29 bits per heavy atom. The summed E-state index contributed by atoms with van der Waals surface area (Å²) in [5, 5.41) is 13.7. The van der Waals surface area contributed by atoms with E-state index in [4.69, 9.17) is 0 Å². The predicted molar refractivity (Wildman–Crippen MR) is 65.2 cm³/mol. The van der Waals surface area contributed by atoms with Crippen molar-refractivity contribution in [2.45, 2.75) is 13.3 Å². The second-order valence-corrected chi connectivity index (χ2v) is 3.57. The fourth-order valence-corrected chi connectivity index (χ4v) is 1.33. The molecule has 1 aromatic carbocycles. The Morgan fingerprint density at radius 3 is 2.94 bits per heavy atom. The molecular formula is C12H15FN2O2. The summed E-state index contributed by atoms with van der Waals surface area (Å²) in [6.45, 7) is 3.69. The molecule has 0 heterocycles. The SMILES string of the molecule is CCCNC/C=C/c1ccc(F)c([N+](=O)[O-])c1. The van der Waals surface area contributed by atoms with Crippen LogP contribution in [0.1, 0.15) is 18.9 Å². The lowest BCUT2D eigenvalue weighted by atomic mass is 10.2. The van der Waals surface area contributed by atoms with E-state index in [0.717, 1.165) is 19.0 Å². The van der Waals surface area contributed by atoms with Crippen LogP contribution in [0.3, 0.4) is 0 Å². The topological polar surface area (TPSA) is 55.2 Å². The highest BCUT2D eigenvalue weighted by Crippen LogP contribution is 2.19. The molecule has 0 aliphatic carbocycles. The lowest BCUT2D eigenvalue weighted by Gasteiger charge is -1.98. The summed E-state index contributed by atoms with van der Waals surface area (Å²) >= 11 is 0. The molecule has 0 saturated carbocycles. The Morgan fingerprint density at radius 1 is 1.53 bits per heavy atom. The molecule has 4 nitrogen and oxygen atoms in total. The number of hydrogen-bond acceptors (Lipinski definition) is 3. The van der Waals surface area contributed by atoms with Gasteiger partial charge in [0.15, 0.2) is 0 Å². The maximum Gasteiger partial charge on any atom is 0.305 e. The van der Waals surface area contributed by atoms with Crippen molar-refractivity contribution in [2.75, 3.05) is 13.1 Å². The van der Waals surface area contributed by atoms with Crippen LogP contribution in [0.15, 0.2) is 24.3 Å². The van der Waals surface area contributed by atoms with Gasteiger partial charge in [-0.3, -0.25) is 10.1 Å². The Balaban J connectivity index is 2.66. The maximum atomic E-state index is 13.0. The molecule has 0 aliphatic heterocycles. The highest BCUT2D eigenvalue weighted by molar-refractivity contribution is 5.53. The zero-order valence-electron chi connectivity index (χ0n) is 9.65. The highest BCUT2D eigenvalue weighted by atomic mass is 19.1. The molecule has 5 heteroatoms. The second-order valence-electron chi connectivity index (χ2n) is 3.57. The van der Waals surface area contributed by atoms with E-state index in [0.29, 0.717) is 12.1 Å². The smallest absolute Gasteiger partial charge is 0.305 e. The van der Waals surface area contributed by atoms with Gasteiger partial charge in [-0.2, -0.15) is 4.39 Å². The molecule has 0 unspecified atom stereocenters. The Labute approximate surface area is 99.3 Å². The lowest BCUT2D eigenvalue weighted by Crippen LogP contribution is -2.13. The fraction of sp³-hybridized carbons (Fsp3) is 0.333. The van der Waals surface area contributed by atoms with Crippen molar-refractivity contribution in [2.24, 2.45) is 0 Å². The van der Waals surface area contributed by atoms with E-state index in [1.54, 1.807) is 6.08 Å². The van der Waals surface area contributed by atoms with Crippen molar-refractivity contribution in [1.29, 1.82) is 0 Å². The highest BCUT2D eigenvalue weighted by Gasteiger charge is 2.12. The van der Waals surface area contributed by atoms with Gasteiger partial charge in [-0.25, -0.2) is 0 Å². The minimum Gasteiger partial charge on any atom is -0.313 e. The molecule has 0 amide bonds. The molecule has 1 aromatic rings. The first-order chi connectivity index (χ1) is 8.15. The van der Waals surface area contributed by atoms with E-state index in [2.05, 4.69) is 12.2 Å². The summed E-state index contributed by atoms with van der Waals surface area (Å²) in [5.41, 5.74) is 0.130. The molecule has 0 aromatic heterocycles. The minimum atomic E-state index is -0.809. The van der Waals surface area contributed by atoms with Gasteiger partial charge in [0, 0.05) is 12.6 Å². The number of nitro benzene ring substituents is 1. The van der Waals surface area contributed by atoms with Crippen molar-refractivity contribution >= 4 is 11.8 Å². The van der Waals surface area contributed by atoms with Crippen molar-refractivity contribution in [3.05, 3.63) is 45.8 Å². The van der Waals surface area contributed by atoms with E-state index in [1.165, 1.54) is 12.1 Å². The molecule has 1 N–H and O–H groups in total. The number of halogens is 1. The maximum absolute atomic E-state index is 13.0. The van der Waals surface area contributed by atoms with E-state index < -0.39 is 16.4 Å². The van der Waals surface area contributed by atoms with Crippen LogP contribution in [0, 0.1) is 15.9 Å². The van der Waals surface area contributed by atoms with Gasteiger partial charge < -0.3 is 5.32 Å². The Bertz CT molecular complexity index is 419. The van der Waals surface area contributed by atoms with E-state index in [9.17, 15) is 14.5 Å². The van der Waals surface area contributed by atoms with Crippen LogP contribution in [0.25, 0.3) is 6.08 Å². The third-order valence-corrected chi connectivity index (χ3v) is 2.17. The predicted octanol–water partition coefficient (Wildman–Crippen LogP) is 2.75. The molecule has 0 saturated heterocycles. The zero-order chi connectivity index (χ0) is 12.7. The molecule has 0 atom stereocenters. The van der Waals surface area contributed by atoms with Gasteiger partial charge in [-0.05, 0) is 24.6 Å². The van der Waals surface area contributed by atoms with Crippen LogP contribution in [-0.2, 0) is 0 Å². The Hall–Kier alpha value is -1.75. The first kappa shape index (κ1) is 13.3. The van der Waals surface area contributed by atoms with Crippen LogP contribution in [0.5, 0.6) is 0 Å². The van der Waals surface area contributed by atoms with Crippen LogP contribution in [0.4, 0.5) is 10.1 Å². The van der Waals surface area contributed by atoms with Gasteiger partial charge in [0.25, 0.3) is 0 Å². The average Bonchev–Trinajstić information content (AvgIpc) is 2.30. The summed E-state index contributed by atoms with van der Waals surface area (Å²) in [6.07, 6.45) is 4.64. The minimum absolute atomic E-state index is 0.492. The summed E-state index contributed by atoms with van der Waals surface area (Å²) in [7, 11) is 0. The second kappa shape index (κ2) is 6.75. The van der Waals surface area contributed by atoms with Gasteiger partial charge in [0.05, 0.1) is 4.92 Å². The van der Waals surface area contributed by atoms with Crippen molar-refractivity contribution in [3.63, 3.8) is 0 Å². The largest absolute Gasteiger partial charge is 0.313 e. The number of nitro groups is 1. The number of nitrogens with one attached hydrogen (secondary N) is 1. The third-order valence-electron chi connectivity index (χ3n) is 2.17. The van der Waals surface area contributed by atoms with E-state index >= 15 is 0 Å². The molecular weight excluding hydrogens is 223 g/mol. The molecule has 92 valence electrons. The quantitative estimate of drug-likeness (QED) is 0.471. The van der Waals surface area contributed by atoms with Crippen molar-refractivity contribution < 1.29 is 9.31 Å². The van der Waals surface area contributed by atoms with Crippen LogP contribution >= 0.6 is 0 Å². The molecule has 0 radical (unpaired) electrons. The number of nitrogens with zero attached hydrogens (tertiary/aromatic N) is 1. The lowest BCUT2D eigenvalue weighted by molar-refractivity contribution is -0.387. The van der Waals surface area contributed by atoms with Crippen molar-refractivity contribution in [1.82, 2.24) is 5.32 Å². The number of benzene rings is 1. The number of rotatable bonds is 6. The molecule has 0 spiro atoms. The summed E-state index contributed by atoms with van der Waals surface area (Å²) < 4.78 is 13.0. The van der Waals surface area contributed by atoms with E-state index in [-0.39, 0.29) is 0 Å². The summed E-state index contributed by atoms with van der Waals surface area (Å²) in [5.74, 6) is -0.809. The van der Waals surface area contributed by atoms with Crippen LogP contribution < -0.4 is 5.32 Å². The molecule has 0 aliphatic rings. The van der Waals surface area contributed by atoms with Gasteiger partial charge in [0.2, 0.25) is 5.82 Å². The summed E-state index contributed by atoms with van der Waals surface area (Å²) in [4.78, 5) is 9.80. The average molecular weight is 238 g/mol. The van der Waals surface area contributed by atoms with Crippen LogP contribution in [0.2, 0.25) is 0 Å². The van der Waals surface area contributed by atoms with Crippen molar-refractivity contribution in [3.8, 4) is 0 Å². The first-order valence-corrected chi connectivity index (χ1v) is 5.46. The standard InChI is InChI=1S/C12H15FN2O2/c1-2-7-14-8-3-4-10-5-6-11(13)12(9-10)15(16)17/h3-6,9,14H,2,7-8H2,1H3/b4-3+. The van der Waals surface area contributed by atoms with Gasteiger partial charge >= 0.3 is 5.69 Å². The normalized spacial score (nSPS) is 10.9. The van der Waals surface area contributed by atoms with E-state index in [1.807, 2.05) is 6.08 Å². The van der Waals surface area contributed by atoms with Gasteiger partial charge in [-0.15, -0.1) is 0 Å². The summed E-state index contributed by atoms with van der Waals surface area (Å²) in [6, 6.07) is 3.85. The molecule has 1 rings (SSSR count). The Kier molecular flexibility index (Phi) is 5.29.